The van der Waals surface area contributed by atoms with E-state index in [0.29, 0.717) is 0 Å². The van der Waals surface area contributed by atoms with Gasteiger partial charge in [-0.05, 0) is 25.4 Å². The molecule has 9 heavy (non-hydrogen) atoms. The smallest absolute Gasteiger partial charge is 0.00258 e. The lowest BCUT2D eigenvalue weighted by atomic mass is 10.2. The maximum atomic E-state index is 3.39. The van der Waals surface area contributed by atoms with Crippen LogP contribution in [-0.4, -0.2) is 13.1 Å². The molecule has 1 heteroatoms. The highest BCUT2D eigenvalue weighted by molar-refractivity contribution is 4.49. The van der Waals surface area contributed by atoms with E-state index < -0.39 is 0 Å². The van der Waals surface area contributed by atoms with Crippen molar-refractivity contribution in [1.29, 1.82) is 0 Å². The minimum Gasteiger partial charge on any atom is -0.316 e. The molecule has 0 aromatic carbocycles. The van der Waals surface area contributed by atoms with E-state index in [1.54, 1.807) is 0 Å². The molecule has 0 amide bonds. The van der Waals surface area contributed by atoms with Crippen LogP contribution in [0.2, 0.25) is 0 Å². The maximum Gasteiger partial charge on any atom is -0.00258 e. The van der Waals surface area contributed by atoms with Gasteiger partial charge in [0, 0.05) is 0 Å². The number of rotatable bonds is 5. The highest BCUT2D eigenvalue weighted by Gasteiger charge is 1.89. The summed E-state index contributed by atoms with van der Waals surface area (Å²) >= 11 is 0. The normalized spacial score (nSPS) is 10.7. The molecule has 0 saturated heterocycles. The molecule has 0 radical (unpaired) electrons. The van der Waals surface area contributed by atoms with Crippen LogP contribution in [0.4, 0.5) is 0 Å². The van der Waals surface area contributed by atoms with Gasteiger partial charge in [-0.3, -0.25) is 0 Å². The predicted octanol–water partition coefficient (Wildman–Crippen LogP) is 2.03. The Morgan fingerprint density at radius 2 is 2.00 bits per heavy atom. The molecule has 0 aromatic rings. The molecule has 0 spiro atoms. The van der Waals surface area contributed by atoms with E-state index in [-0.39, 0.29) is 0 Å². The molecule has 0 atom stereocenters. The molecule has 56 valence electrons. The highest BCUT2D eigenvalue weighted by atomic mass is 14.8. The van der Waals surface area contributed by atoms with Crippen LogP contribution >= 0.6 is 0 Å². The van der Waals surface area contributed by atoms with E-state index in [0.717, 1.165) is 5.92 Å². The van der Waals surface area contributed by atoms with Gasteiger partial charge in [-0.1, -0.05) is 27.2 Å². The van der Waals surface area contributed by atoms with E-state index >= 15 is 0 Å². The van der Waals surface area contributed by atoms with E-state index in [9.17, 15) is 0 Å². The lowest BCUT2D eigenvalue weighted by Gasteiger charge is -2.05. The zero-order chi connectivity index (χ0) is 7.11. The van der Waals surface area contributed by atoms with E-state index in [4.69, 9.17) is 0 Å². The van der Waals surface area contributed by atoms with Crippen LogP contribution in [0, 0.1) is 5.92 Å². The summed E-state index contributed by atoms with van der Waals surface area (Å²) < 4.78 is 0. The van der Waals surface area contributed by atoms with Gasteiger partial charge in [0.05, 0.1) is 0 Å². The second kappa shape index (κ2) is 6.09. The molecule has 0 bridgehead atoms. The summed E-state index contributed by atoms with van der Waals surface area (Å²) in [6, 6.07) is 0. The Hall–Kier alpha value is -0.0400. The third-order valence-electron chi connectivity index (χ3n) is 1.26. The third-order valence-corrected chi connectivity index (χ3v) is 1.26. The van der Waals surface area contributed by atoms with Gasteiger partial charge in [0.2, 0.25) is 0 Å². The summed E-state index contributed by atoms with van der Waals surface area (Å²) in [4.78, 5) is 0. The molecular formula is C8H19N. The van der Waals surface area contributed by atoms with Crippen molar-refractivity contribution in [3.05, 3.63) is 0 Å². The molecule has 0 heterocycles. The first-order chi connectivity index (χ1) is 4.27. The summed E-state index contributed by atoms with van der Waals surface area (Å²) in [6.07, 6.45) is 2.61. The lowest BCUT2D eigenvalue weighted by molar-refractivity contribution is 0.540. The van der Waals surface area contributed by atoms with Gasteiger partial charge < -0.3 is 5.32 Å². The Labute approximate surface area is 58.8 Å². The molecule has 0 fully saturated rings. The average molecular weight is 129 g/mol. The van der Waals surface area contributed by atoms with Crippen LogP contribution in [0.25, 0.3) is 0 Å². The van der Waals surface area contributed by atoms with Gasteiger partial charge in [-0.2, -0.15) is 0 Å². The number of hydrogen-bond acceptors (Lipinski definition) is 1. The zero-order valence-electron chi connectivity index (χ0n) is 6.91. The second-order valence-electron chi connectivity index (χ2n) is 2.95. The predicted molar refractivity (Wildman–Crippen MR) is 42.6 cm³/mol. The Bertz CT molecular complexity index is 50.5. The molecule has 0 saturated carbocycles. The van der Waals surface area contributed by atoms with Gasteiger partial charge >= 0.3 is 0 Å². The summed E-state index contributed by atoms with van der Waals surface area (Å²) in [6.45, 7) is 9.05. The van der Waals surface area contributed by atoms with Crippen LogP contribution < -0.4 is 5.32 Å². The summed E-state index contributed by atoms with van der Waals surface area (Å²) in [5, 5.41) is 3.39. The summed E-state index contributed by atoms with van der Waals surface area (Å²) in [5.41, 5.74) is 0. The molecular weight excluding hydrogens is 110 g/mol. The van der Waals surface area contributed by atoms with Crippen LogP contribution in [0.15, 0.2) is 0 Å². The molecule has 0 unspecified atom stereocenters. The monoisotopic (exact) mass is 129 g/mol. The van der Waals surface area contributed by atoms with Gasteiger partial charge in [-0.15, -0.1) is 0 Å². The minimum atomic E-state index is 0.793. The SMILES string of the molecule is CCCCNCC(C)C. The maximum absolute atomic E-state index is 3.39. The molecule has 0 aliphatic rings. The van der Waals surface area contributed by atoms with Crippen molar-refractivity contribution >= 4 is 0 Å². The molecule has 0 rings (SSSR count). The van der Waals surface area contributed by atoms with Crippen molar-refractivity contribution in [1.82, 2.24) is 5.32 Å². The third kappa shape index (κ3) is 7.96. The van der Waals surface area contributed by atoms with Crippen LogP contribution in [-0.2, 0) is 0 Å². The molecule has 1 N–H and O–H groups in total. The zero-order valence-corrected chi connectivity index (χ0v) is 6.91. The molecule has 1 nitrogen and oxygen atoms in total. The number of unbranched alkanes of at least 4 members (excludes halogenated alkanes) is 1. The second-order valence-corrected chi connectivity index (χ2v) is 2.95. The largest absolute Gasteiger partial charge is 0.316 e. The number of nitrogens with one attached hydrogen (secondary N) is 1. The van der Waals surface area contributed by atoms with Crippen molar-refractivity contribution in [2.24, 2.45) is 5.92 Å². The fourth-order valence-corrected chi connectivity index (χ4v) is 0.693. The highest BCUT2D eigenvalue weighted by Crippen LogP contribution is 1.88. The molecule has 0 aliphatic heterocycles. The van der Waals surface area contributed by atoms with Crippen molar-refractivity contribution in [3.63, 3.8) is 0 Å². The Kier molecular flexibility index (Phi) is 6.06. The lowest BCUT2D eigenvalue weighted by Crippen LogP contribution is -2.20. The Balaban J connectivity index is 2.75. The van der Waals surface area contributed by atoms with Crippen LogP contribution in [0.1, 0.15) is 33.6 Å². The van der Waals surface area contributed by atoms with Crippen molar-refractivity contribution < 1.29 is 0 Å². The van der Waals surface area contributed by atoms with Gasteiger partial charge in [-0.25, -0.2) is 0 Å². The fourth-order valence-electron chi connectivity index (χ4n) is 0.693. The summed E-state index contributed by atoms with van der Waals surface area (Å²) in [7, 11) is 0. The van der Waals surface area contributed by atoms with E-state index in [1.807, 2.05) is 0 Å². The number of hydrogen-bond donors (Lipinski definition) is 1. The van der Waals surface area contributed by atoms with E-state index in [2.05, 4.69) is 26.1 Å². The average Bonchev–Trinajstić information content (AvgIpc) is 1.80. The van der Waals surface area contributed by atoms with Crippen molar-refractivity contribution in [2.45, 2.75) is 33.6 Å². The molecule has 0 aliphatic carbocycles. The van der Waals surface area contributed by atoms with Gasteiger partial charge in [0.15, 0.2) is 0 Å². The molecule has 0 aromatic heterocycles. The first kappa shape index (κ1) is 8.96. The van der Waals surface area contributed by atoms with Crippen LogP contribution in [0.5, 0.6) is 0 Å². The quantitative estimate of drug-likeness (QED) is 0.560. The van der Waals surface area contributed by atoms with Gasteiger partial charge in [0.25, 0.3) is 0 Å². The van der Waals surface area contributed by atoms with Crippen molar-refractivity contribution in [2.75, 3.05) is 13.1 Å². The Morgan fingerprint density at radius 1 is 1.33 bits per heavy atom. The minimum absolute atomic E-state index is 0.793. The Morgan fingerprint density at radius 3 is 2.44 bits per heavy atom. The fraction of sp³-hybridized carbons (Fsp3) is 1.00. The summed E-state index contributed by atoms with van der Waals surface area (Å²) in [5.74, 6) is 0.793. The first-order valence-corrected chi connectivity index (χ1v) is 3.98. The van der Waals surface area contributed by atoms with Gasteiger partial charge in [0.1, 0.15) is 0 Å². The van der Waals surface area contributed by atoms with Crippen molar-refractivity contribution in [3.8, 4) is 0 Å². The topological polar surface area (TPSA) is 12.0 Å². The van der Waals surface area contributed by atoms with E-state index in [1.165, 1.54) is 25.9 Å². The standard InChI is InChI=1S/C8H19N/c1-4-5-6-9-7-8(2)3/h8-9H,4-7H2,1-3H3. The first-order valence-electron chi connectivity index (χ1n) is 3.98. The van der Waals surface area contributed by atoms with Crippen LogP contribution in [0.3, 0.4) is 0 Å².